The maximum Gasteiger partial charge on any atom is 0.251 e. The highest BCUT2D eigenvalue weighted by Gasteiger charge is 2.26. The predicted molar refractivity (Wildman–Crippen MR) is 92.2 cm³/mol. The summed E-state index contributed by atoms with van der Waals surface area (Å²) >= 11 is 0. The number of pyridine rings is 1. The molecule has 128 valence electrons. The number of H-pyrrole nitrogens is 1. The molecule has 1 saturated heterocycles. The number of ether oxygens (including phenoxy) is 1. The van der Waals surface area contributed by atoms with Gasteiger partial charge in [0.25, 0.3) is 5.56 Å². The van der Waals surface area contributed by atoms with Crippen molar-refractivity contribution in [2.75, 3.05) is 13.1 Å². The highest BCUT2D eigenvalue weighted by atomic mass is 16.5. The third-order valence-electron chi connectivity index (χ3n) is 4.48. The summed E-state index contributed by atoms with van der Waals surface area (Å²) in [7, 11) is 0. The number of aromatic amines is 1. The van der Waals surface area contributed by atoms with Crippen molar-refractivity contribution >= 4 is 0 Å². The Morgan fingerprint density at radius 3 is 2.67 bits per heavy atom. The Labute approximate surface area is 141 Å². The molecule has 0 unspecified atom stereocenters. The number of likely N-dealkylation sites (tertiary alicyclic amines) is 1. The molecular weight excluding hydrogens is 304 g/mol. The van der Waals surface area contributed by atoms with E-state index in [0.717, 1.165) is 43.0 Å². The van der Waals surface area contributed by atoms with Gasteiger partial charge < -0.3 is 9.72 Å². The largest absolute Gasteiger partial charge is 0.474 e. The zero-order chi connectivity index (χ0) is 17.1. The quantitative estimate of drug-likeness (QED) is 0.933. The highest BCUT2D eigenvalue weighted by Crippen LogP contribution is 2.23. The van der Waals surface area contributed by atoms with Crippen LogP contribution in [0.15, 0.2) is 29.2 Å². The van der Waals surface area contributed by atoms with E-state index in [1.54, 1.807) is 0 Å². The van der Waals surface area contributed by atoms with E-state index in [0.29, 0.717) is 5.88 Å². The SMILES string of the molecule is Cc1ccc(OC2CCN([C@H](C)c3nc(C)cc(=O)[nH]3)CC2)nc1. The second kappa shape index (κ2) is 7.13. The molecule has 24 heavy (non-hydrogen) atoms. The fourth-order valence-corrected chi connectivity index (χ4v) is 3.05. The van der Waals surface area contributed by atoms with E-state index < -0.39 is 0 Å². The summed E-state index contributed by atoms with van der Waals surface area (Å²) in [5.74, 6) is 1.43. The molecular formula is C18H24N4O2. The first-order valence-corrected chi connectivity index (χ1v) is 8.42. The fourth-order valence-electron chi connectivity index (χ4n) is 3.05. The molecule has 3 heterocycles. The summed E-state index contributed by atoms with van der Waals surface area (Å²) in [5, 5.41) is 0. The Morgan fingerprint density at radius 1 is 1.29 bits per heavy atom. The number of nitrogens with zero attached hydrogens (tertiary/aromatic N) is 3. The smallest absolute Gasteiger partial charge is 0.251 e. The monoisotopic (exact) mass is 328 g/mol. The van der Waals surface area contributed by atoms with Gasteiger partial charge in [0, 0.05) is 37.1 Å². The molecule has 0 aliphatic carbocycles. The minimum absolute atomic E-state index is 0.0898. The molecule has 0 aromatic carbocycles. The van der Waals surface area contributed by atoms with E-state index in [2.05, 4.69) is 26.8 Å². The van der Waals surface area contributed by atoms with Crippen molar-refractivity contribution in [1.82, 2.24) is 19.9 Å². The van der Waals surface area contributed by atoms with Gasteiger partial charge >= 0.3 is 0 Å². The fraction of sp³-hybridized carbons (Fsp3) is 0.500. The number of rotatable bonds is 4. The van der Waals surface area contributed by atoms with Crippen molar-refractivity contribution in [3.8, 4) is 5.88 Å². The van der Waals surface area contributed by atoms with Crippen LogP contribution in [0.2, 0.25) is 0 Å². The van der Waals surface area contributed by atoms with Crippen LogP contribution in [0.3, 0.4) is 0 Å². The maximum absolute atomic E-state index is 11.6. The van der Waals surface area contributed by atoms with Crippen LogP contribution >= 0.6 is 0 Å². The van der Waals surface area contributed by atoms with Crippen LogP contribution in [-0.2, 0) is 0 Å². The first kappa shape index (κ1) is 16.6. The second-order valence-electron chi connectivity index (χ2n) is 6.47. The average Bonchev–Trinajstić information content (AvgIpc) is 2.56. The third-order valence-corrected chi connectivity index (χ3v) is 4.48. The first-order valence-electron chi connectivity index (χ1n) is 8.42. The van der Waals surface area contributed by atoms with E-state index in [1.165, 1.54) is 6.07 Å². The van der Waals surface area contributed by atoms with Crippen molar-refractivity contribution < 1.29 is 4.74 Å². The maximum atomic E-state index is 11.6. The third kappa shape index (κ3) is 4.00. The van der Waals surface area contributed by atoms with E-state index in [4.69, 9.17) is 4.74 Å². The molecule has 1 N–H and O–H groups in total. The van der Waals surface area contributed by atoms with Crippen LogP contribution < -0.4 is 10.3 Å². The predicted octanol–water partition coefficient (Wildman–Crippen LogP) is 2.39. The van der Waals surface area contributed by atoms with Crippen molar-refractivity contribution in [3.05, 3.63) is 51.8 Å². The minimum Gasteiger partial charge on any atom is -0.474 e. The Hall–Kier alpha value is -2.21. The number of aryl methyl sites for hydroxylation is 2. The van der Waals surface area contributed by atoms with Crippen LogP contribution in [0.5, 0.6) is 5.88 Å². The molecule has 6 nitrogen and oxygen atoms in total. The topological polar surface area (TPSA) is 71.1 Å². The summed E-state index contributed by atoms with van der Waals surface area (Å²) in [4.78, 5) is 25.6. The molecule has 1 fully saturated rings. The van der Waals surface area contributed by atoms with E-state index in [9.17, 15) is 4.79 Å². The van der Waals surface area contributed by atoms with E-state index >= 15 is 0 Å². The van der Waals surface area contributed by atoms with Gasteiger partial charge in [0.05, 0.1) is 6.04 Å². The van der Waals surface area contributed by atoms with Gasteiger partial charge in [-0.2, -0.15) is 0 Å². The van der Waals surface area contributed by atoms with Crippen LogP contribution in [0.25, 0.3) is 0 Å². The van der Waals surface area contributed by atoms with Crippen LogP contribution in [-0.4, -0.2) is 39.0 Å². The van der Waals surface area contributed by atoms with Crippen molar-refractivity contribution in [2.24, 2.45) is 0 Å². The van der Waals surface area contributed by atoms with E-state index in [1.807, 2.05) is 32.2 Å². The van der Waals surface area contributed by atoms with Gasteiger partial charge in [0.1, 0.15) is 11.9 Å². The van der Waals surface area contributed by atoms with Gasteiger partial charge in [-0.25, -0.2) is 9.97 Å². The lowest BCUT2D eigenvalue weighted by Gasteiger charge is -2.35. The molecule has 0 bridgehead atoms. The van der Waals surface area contributed by atoms with Gasteiger partial charge in [0.2, 0.25) is 5.88 Å². The van der Waals surface area contributed by atoms with Gasteiger partial charge in [-0.1, -0.05) is 6.07 Å². The number of nitrogens with one attached hydrogen (secondary N) is 1. The zero-order valence-corrected chi connectivity index (χ0v) is 14.5. The molecule has 0 amide bonds. The minimum atomic E-state index is -0.0898. The lowest BCUT2D eigenvalue weighted by molar-refractivity contribution is 0.0745. The van der Waals surface area contributed by atoms with Crippen LogP contribution in [0.1, 0.15) is 42.9 Å². The van der Waals surface area contributed by atoms with Gasteiger partial charge in [0.15, 0.2) is 0 Å². The number of hydrogen-bond donors (Lipinski definition) is 1. The molecule has 0 spiro atoms. The lowest BCUT2D eigenvalue weighted by Crippen LogP contribution is -2.40. The summed E-state index contributed by atoms with van der Waals surface area (Å²) in [6, 6.07) is 5.55. The molecule has 2 aromatic rings. The second-order valence-corrected chi connectivity index (χ2v) is 6.47. The lowest BCUT2D eigenvalue weighted by atomic mass is 10.1. The molecule has 0 radical (unpaired) electrons. The Kier molecular flexibility index (Phi) is 4.94. The van der Waals surface area contributed by atoms with E-state index in [-0.39, 0.29) is 17.7 Å². The van der Waals surface area contributed by atoms with Gasteiger partial charge in [-0.05, 0) is 39.2 Å². The summed E-state index contributed by atoms with van der Waals surface area (Å²) in [6.07, 6.45) is 3.89. The van der Waals surface area contributed by atoms with Gasteiger partial charge in [-0.3, -0.25) is 9.69 Å². The average molecular weight is 328 g/mol. The summed E-state index contributed by atoms with van der Waals surface area (Å²) in [6.45, 7) is 7.77. The molecule has 1 aliphatic rings. The Morgan fingerprint density at radius 2 is 2.04 bits per heavy atom. The Bertz CT molecular complexity index is 733. The number of hydrogen-bond acceptors (Lipinski definition) is 5. The van der Waals surface area contributed by atoms with Crippen LogP contribution in [0, 0.1) is 13.8 Å². The molecule has 6 heteroatoms. The standard InChI is InChI=1S/C18H24N4O2/c1-12-4-5-17(19-11-12)24-15-6-8-22(9-7-15)14(3)18-20-13(2)10-16(23)21-18/h4-5,10-11,14-15H,6-9H2,1-3H3,(H,20,21,23)/t14-/m1/s1. The molecule has 0 saturated carbocycles. The molecule has 2 aromatic heterocycles. The molecule has 3 rings (SSSR count). The summed E-state index contributed by atoms with van der Waals surface area (Å²) in [5.41, 5.74) is 1.79. The highest BCUT2D eigenvalue weighted by molar-refractivity contribution is 5.16. The zero-order valence-electron chi connectivity index (χ0n) is 14.5. The van der Waals surface area contributed by atoms with Gasteiger partial charge in [-0.15, -0.1) is 0 Å². The van der Waals surface area contributed by atoms with Crippen LogP contribution in [0.4, 0.5) is 0 Å². The first-order chi connectivity index (χ1) is 11.5. The molecule has 1 atom stereocenters. The normalized spacial score (nSPS) is 17.6. The van der Waals surface area contributed by atoms with Crippen molar-refractivity contribution in [1.29, 1.82) is 0 Å². The number of piperidine rings is 1. The molecule has 1 aliphatic heterocycles. The van der Waals surface area contributed by atoms with Crippen molar-refractivity contribution in [3.63, 3.8) is 0 Å². The summed E-state index contributed by atoms with van der Waals surface area (Å²) < 4.78 is 5.97. The van der Waals surface area contributed by atoms with Crippen molar-refractivity contribution in [2.45, 2.75) is 45.8 Å². The number of aromatic nitrogens is 3. The Balaban J connectivity index is 1.58.